The van der Waals surface area contributed by atoms with Gasteiger partial charge in [-0.1, -0.05) is 6.58 Å². The van der Waals surface area contributed by atoms with Gasteiger partial charge in [0.05, 0.1) is 23.4 Å². The molecule has 0 N–H and O–H groups in total. The van der Waals surface area contributed by atoms with Crippen molar-refractivity contribution in [3.8, 4) is 0 Å². The van der Waals surface area contributed by atoms with Crippen molar-refractivity contribution in [3.05, 3.63) is 12.2 Å². The molecule has 0 radical (unpaired) electrons. The Bertz CT molecular complexity index is 473. The van der Waals surface area contributed by atoms with E-state index in [1.807, 2.05) is 0 Å². The molecule has 104 valence electrons. The van der Waals surface area contributed by atoms with Crippen LogP contribution < -0.4 is 0 Å². The van der Waals surface area contributed by atoms with Crippen LogP contribution >= 0.6 is 0 Å². The minimum absolute atomic E-state index is 0.0271. The van der Waals surface area contributed by atoms with Crippen LogP contribution in [0.15, 0.2) is 12.2 Å². The number of epoxide rings is 2. The maximum Gasteiger partial charge on any atom is 0.334 e. The summed E-state index contributed by atoms with van der Waals surface area (Å²) in [4.78, 5) is 11.8. The maximum absolute atomic E-state index is 11.8. The van der Waals surface area contributed by atoms with E-state index in [0.717, 1.165) is 25.7 Å². The number of carbonyl (C=O) groups excluding carboxylic acids is 1. The minimum atomic E-state index is -0.239. The molecule has 3 heterocycles. The fraction of sp³-hybridized carbons (Fsp3) is 0.800. The lowest BCUT2D eigenvalue weighted by Crippen LogP contribution is -2.28. The van der Waals surface area contributed by atoms with E-state index < -0.39 is 0 Å². The van der Waals surface area contributed by atoms with E-state index >= 15 is 0 Å². The van der Waals surface area contributed by atoms with E-state index in [9.17, 15) is 4.79 Å². The van der Waals surface area contributed by atoms with E-state index in [0.29, 0.717) is 11.7 Å². The monoisotopic (exact) mass is 264 g/mol. The van der Waals surface area contributed by atoms with Crippen molar-refractivity contribution in [3.63, 3.8) is 0 Å². The van der Waals surface area contributed by atoms with E-state index in [1.165, 1.54) is 0 Å². The highest BCUT2D eigenvalue weighted by Gasteiger charge is 2.61. The average molecular weight is 264 g/mol. The van der Waals surface area contributed by atoms with Crippen LogP contribution in [-0.4, -0.2) is 35.5 Å². The van der Waals surface area contributed by atoms with Gasteiger partial charge in [-0.05, 0) is 33.1 Å². The number of ether oxygens (including phenoxy) is 3. The van der Waals surface area contributed by atoms with Gasteiger partial charge in [0.1, 0.15) is 6.10 Å². The van der Waals surface area contributed by atoms with Crippen LogP contribution in [-0.2, 0) is 19.0 Å². The minimum Gasteiger partial charge on any atom is -0.458 e. The molecule has 1 aliphatic carbocycles. The first kappa shape index (κ1) is 11.9. The van der Waals surface area contributed by atoms with Gasteiger partial charge in [-0.15, -0.1) is 0 Å². The van der Waals surface area contributed by atoms with Crippen LogP contribution in [0.1, 0.15) is 39.5 Å². The third-order valence-corrected chi connectivity index (χ3v) is 5.47. The number of rotatable bonds is 0. The molecule has 0 amide bonds. The highest BCUT2D eigenvalue weighted by molar-refractivity contribution is 5.90. The number of esters is 1. The standard InChI is InChI=1S/C15H20O4/c1-8-9-6-12-14(2,19-12)5-4-11-15(3,18-11)7-10(9)17-13(8)16/h9-12H,1,4-7H2,2-3H3/t9-,10+,11-,12+,14-,15?/m0/s1. The predicted molar refractivity (Wildman–Crippen MR) is 67.5 cm³/mol. The van der Waals surface area contributed by atoms with Crippen molar-refractivity contribution in [1.29, 1.82) is 0 Å². The van der Waals surface area contributed by atoms with Crippen molar-refractivity contribution in [1.82, 2.24) is 0 Å². The lowest BCUT2D eigenvalue weighted by Gasteiger charge is -2.21. The second-order valence-corrected chi connectivity index (χ2v) is 6.89. The first-order valence-corrected chi connectivity index (χ1v) is 7.17. The Kier molecular flexibility index (Phi) is 2.14. The third kappa shape index (κ3) is 1.69. The zero-order valence-corrected chi connectivity index (χ0v) is 11.5. The van der Waals surface area contributed by atoms with Gasteiger partial charge in [0, 0.05) is 17.9 Å². The molecule has 0 aromatic rings. The lowest BCUT2D eigenvalue weighted by atomic mass is 9.81. The van der Waals surface area contributed by atoms with Gasteiger partial charge in [-0.25, -0.2) is 4.79 Å². The van der Waals surface area contributed by atoms with E-state index in [4.69, 9.17) is 14.2 Å². The van der Waals surface area contributed by atoms with Crippen LogP contribution in [0, 0.1) is 5.92 Å². The van der Waals surface area contributed by atoms with Gasteiger partial charge in [0.15, 0.2) is 0 Å². The second-order valence-electron chi connectivity index (χ2n) is 6.89. The summed E-state index contributed by atoms with van der Waals surface area (Å²) >= 11 is 0. The van der Waals surface area contributed by atoms with Crippen LogP contribution in [0.4, 0.5) is 0 Å². The Morgan fingerprint density at radius 2 is 1.95 bits per heavy atom. The SMILES string of the molecule is C=C1C(=O)O[C@@H]2CC3(C)O[C@H]3CC[C@]3(C)O[C@@H]3C[C@@H]12. The molecule has 0 aromatic heterocycles. The normalized spacial score (nSPS) is 55.7. The van der Waals surface area contributed by atoms with Gasteiger partial charge in [-0.2, -0.15) is 0 Å². The molecule has 1 saturated carbocycles. The molecule has 4 aliphatic rings. The quantitative estimate of drug-likeness (QED) is 0.381. The van der Waals surface area contributed by atoms with Gasteiger partial charge in [0.25, 0.3) is 0 Å². The number of hydrogen-bond acceptors (Lipinski definition) is 4. The third-order valence-electron chi connectivity index (χ3n) is 5.47. The second kappa shape index (κ2) is 3.41. The molecule has 4 heteroatoms. The Balaban J connectivity index is 1.62. The molecule has 6 atom stereocenters. The largest absolute Gasteiger partial charge is 0.458 e. The summed E-state index contributed by atoms with van der Waals surface area (Å²) in [6, 6.07) is 0. The van der Waals surface area contributed by atoms with Crippen LogP contribution in [0.5, 0.6) is 0 Å². The van der Waals surface area contributed by atoms with Crippen molar-refractivity contribution in [2.24, 2.45) is 5.92 Å². The molecular formula is C15H20O4. The summed E-state index contributed by atoms with van der Waals surface area (Å²) in [6.45, 7) is 8.20. The summed E-state index contributed by atoms with van der Waals surface area (Å²) in [5.41, 5.74) is 0.469. The summed E-state index contributed by atoms with van der Waals surface area (Å²) in [5.74, 6) is -0.142. The van der Waals surface area contributed by atoms with Gasteiger partial charge in [-0.3, -0.25) is 0 Å². The van der Waals surface area contributed by atoms with Crippen LogP contribution in [0.25, 0.3) is 0 Å². The molecule has 0 spiro atoms. The molecule has 1 unspecified atom stereocenters. The topological polar surface area (TPSA) is 51.4 Å². The Labute approximate surface area is 113 Å². The lowest BCUT2D eigenvalue weighted by molar-refractivity contribution is -0.139. The summed E-state index contributed by atoms with van der Waals surface area (Å²) in [7, 11) is 0. The van der Waals surface area contributed by atoms with E-state index in [-0.39, 0.29) is 35.3 Å². The Morgan fingerprint density at radius 1 is 1.21 bits per heavy atom. The van der Waals surface area contributed by atoms with Crippen molar-refractivity contribution >= 4 is 5.97 Å². The van der Waals surface area contributed by atoms with E-state index in [2.05, 4.69) is 20.4 Å². The molecule has 19 heavy (non-hydrogen) atoms. The van der Waals surface area contributed by atoms with E-state index in [1.54, 1.807) is 0 Å². The molecular weight excluding hydrogens is 244 g/mol. The molecule has 0 aromatic carbocycles. The molecule has 4 rings (SSSR count). The number of hydrogen-bond donors (Lipinski definition) is 0. The predicted octanol–water partition coefficient (Wildman–Crippen LogP) is 1.97. The van der Waals surface area contributed by atoms with Crippen molar-refractivity contribution < 1.29 is 19.0 Å². The zero-order chi connectivity index (χ0) is 13.4. The first-order chi connectivity index (χ1) is 8.91. The van der Waals surface area contributed by atoms with Crippen molar-refractivity contribution in [2.45, 2.75) is 69.0 Å². The summed E-state index contributed by atoms with van der Waals surface area (Å²) < 4.78 is 17.2. The van der Waals surface area contributed by atoms with Crippen LogP contribution in [0.2, 0.25) is 0 Å². The smallest absolute Gasteiger partial charge is 0.334 e. The molecule has 3 saturated heterocycles. The fourth-order valence-electron chi connectivity index (χ4n) is 3.84. The Morgan fingerprint density at radius 3 is 2.74 bits per heavy atom. The molecule has 4 nitrogen and oxygen atoms in total. The average Bonchev–Trinajstić information content (AvgIpc) is 3.15. The molecule has 0 bridgehead atoms. The van der Waals surface area contributed by atoms with Gasteiger partial charge < -0.3 is 14.2 Å². The first-order valence-electron chi connectivity index (χ1n) is 7.17. The highest BCUT2D eigenvalue weighted by atomic mass is 16.6. The molecule has 4 fully saturated rings. The number of fused-ring (bicyclic) bond motifs is 3. The van der Waals surface area contributed by atoms with Crippen LogP contribution in [0.3, 0.4) is 0 Å². The van der Waals surface area contributed by atoms with Gasteiger partial charge >= 0.3 is 5.97 Å². The fourth-order valence-corrected chi connectivity index (χ4v) is 3.84. The zero-order valence-electron chi connectivity index (χ0n) is 11.5. The summed E-state index contributed by atoms with van der Waals surface area (Å²) in [5, 5.41) is 0. The van der Waals surface area contributed by atoms with Crippen molar-refractivity contribution in [2.75, 3.05) is 0 Å². The number of carbonyl (C=O) groups is 1. The van der Waals surface area contributed by atoms with Gasteiger partial charge in [0.2, 0.25) is 0 Å². The Hall–Kier alpha value is -0.870. The highest BCUT2D eigenvalue weighted by Crippen LogP contribution is 2.53. The maximum atomic E-state index is 11.8. The molecule has 3 aliphatic heterocycles. The summed E-state index contributed by atoms with van der Waals surface area (Å²) in [6.07, 6.45) is 4.17.